The average Bonchev–Trinajstić information content (AvgIpc) is 1.54. The van der Waals surface area contributed by atoms with Gasteiger partial charge in [0.25, 0.3) is 0 Å². The molecule has 0 aliphatic heterocycles. The normalized spacial score (nSPS) is 5.36. The molecule has 2 N–H and O–H groups in total. The van der Waals surface area contributed by atoms with E-state index in [1.165, 1.54) is 0 Å². The van der Waals surface area contributed by atoms with E-state index in [4.69, 9.17) is 29.7 Å². The number of aliphatic carboxylic acids is 3. The van der Waals surface area contributed by atoms with Crippen molar-refractivity contribution in [2.45, 2.75) is 20.8 Å². The first-order valence-electron chi connectivity index (χ1n) is 2.72. The molecular weight excluding hydrogens is 232 g/mol. The topological polar surface area (TPSA) is 152 Å². The van der Waals surface area contributed by atoms with Crippen molar-refractivity contribution in [3.63, 3.8) is 0 Å². The van der Waals surface area contributed by atoms with E-state index in [0.717, 1.165) is 20.8 Å². The van der Waals surface area contributed by atoms with E-state index in [0.29, 0.717) is 0 Å². The summed E-state index contributed by atoms with van der Waals surface area (Å²) in [6, 6.07) is 0. The van der Waals surface area contributed by atoms with E-state index >= 15 is 0 Å². The van der Waals surface area contributed by atoms with Gasteiger partial charge in [0.15, 0.2) is 0 Å². The summed E-state index contributed by atoms with van der Waals surface area (Å²) < 4.78 is 0. The molecule has 8 heteroatoms. The molecule has 0 fully saturated rings. The average molecular weight is 243 g/mol. The zero-order valence-electron chi connectivity index (χ0n) is 7.95. The molecule has 1 radical (unpaired) electrons. The maximum Gasteiger partial charge on any atom is 3.00 e. The summed E-state index contributed by atoms with van der Waals surface area (Å²) in [7, 11) is 0. The molecule has 7 nitrogen and oxygen atoms in total. The van der Waals surface area contributed by atoms with E-state index in [2.05, 4.69) is 0 Å². The molecule has 0 amide bonds. The van der Waals surface area contributed by atoms with Crippen LogP contribution in [0.1, 0.15) is 20.8 Å². The maximum atomic E-state index is 8.89. The number of rotatable bonds is 0. The van der Waals surface area contributed by atoms with Crippen LogP contribution in [-0.4, -0.2) is 23.4 Å². The van der Waals surface area contributed by atoms with Gasteiger partial charge in [0.2, 0.25) is 0 Å². The molecule has 0 saturated heterocycles. The summed E-state index contributed by atoms with van der Waals surface area (Å²) in [5, 5.41) is 26.7. The Hall–Kier alpha value is -0.916. The second-order valence-electron chi connectivity index (χ2n) is 1.47. The molecule has 0 spiro atoms. The summed E-state index contributed by atoms with van der Waals surface area (Å²) in [4.78, 5) is 26.7. The smallest absolute Gasteiger partial charge is 0.550 e. The van der Waals surface area contributed by atoms with Gasteiger partial charge in [-0.25, -0.2) is 0 Å². The molecule has 0 atom stereocenters. The van der Waals surface area contributed by atoms with Crippen LogP contribution in [-0.2, 0) is 36.1 Å². The van der Waals surface area contributed by atoms with Gasteiger partial charge < -0.3 is 35.2 Å². The van der Waals surface area contributed by atoms with Gasteiger partial charge in [0.05, 0.1) is 0 Å². The molecule has 0 aromatic carbocycles. The van der Waals surface area contributed by atoms with E-state index in [1.807, 2.05) is 0 Å². The first kappa shape index (κ1) is 29.2. The molecule has 0 aromatic heterocycles. The molecular formula is C6H11O7Ti. The van der Waals surface area contributed by atoms with Crippen molar-refractivity contribution in [1.29, 1.82) is 0 Å². The number of carboxylic acid groups (broad SMARTS) is 3. The number of hydrogen-bond acceptors (Lipinski definition) is 6. The molecule has 0 aliphatic carbocycles. The molecule has 14 heavy (non-hydrogen) atoms. The van der Waals surface area contributed by atoms with Crippen LogP contribution in [0.15, 0.2) is 0 Å². The SMILES string of the molecule is CC(=O)[O-].CC(=O)[O-].CC(=O)[O-].O.[Ti+3]. The van der Waals surface area contributed by atoms with Crippen LogP contribution >= 0.6 is 0 Å². The number of carbonyl (C=O) groups excluding carboxylic acids is 3. The van der Waals surface area contributed by atoms with Gasteiger partial charge in [-0.15, -0.1) is 0 Å². The third-order valence-corrected chi connectivity index (χ3v) is 0. The predicted molar refractivity (Wildman–Crippen MR) is 35.7 cm³/mol. The summed E-state index contributed by atoms with van der Waals surface area (Å²) in [5.74, 6) is -3.25. The van der Waals surface area contributed by atoms with Gasteiger partial charge in [-0.05, 0) is 20.8 Å². The Balaban J connectivity index is -0.0000000270. The van der Waals surface area contributed by atoms with Crippen LogP contribution in [0.5, 0.6) is 0 Å². The molecule has 0 bridgehead atoms. The van der Waals surface area contributed by atoms with Crippen LogP contribution in [0.25, 0.3) is 0 Å². The van der Waals surface area contributed by atoms with Crippen molar-refractivity contribution >= 4 is 17.9 Å². The van der Waals surface area contributed by atoms with Gasteiger partial charge in [-0.1, -0.05) is 0 Å². The summed E-state index contributed by atoms with van der Waals surface area (Å²) in [5.41, 5.74) is 0. The first-order chi connectivity index (χ1) is 5.20. The fraction of sp³-hybridized carbons (Fsp3) is 0.500. The van der Waals surface area contributed by atoms with Crippen molar-refractivity contribution in [2.75, 3.05) is 0 Å². The van der Waals surface area contributed by atoms with Crippen LogP contribution in [0, 0.1) is 0 Å². The minimum Gasteiger partial charge on any atom is -0.550 e. The quantitative estimate of drug-likeness (QED) is 0.390. The van der Waals surface area contributed by atoms with E-state index < -0.39 is 17.9 Å². The Morgan fingerprint density at radius 1 is 0.714 bits per heavy atom. The number of carboxylic acids is 3. The summed E-state index contributed by atoms with van der Waals surface area (Å²) in [6.07, 6.45) is 0. The molecule has 0 saturated carbocycles. The van der Waals surface area contributed by atoms with Crippen molar-refractivity contribution < 1.29 is 56.9 Å². The summed E-state index contributed by atoms with van der Waals surface area (Å²) in [6.45, 7) is 2.92. The Morgan fingerprint density at radius 2 is 0.714 bits per heavy atom. The number of carbonyl (C=O) groups is 3. The molecule has 0 heterocycles. The van der Waals surface area contributed by atoms with Crippen molar-refractivity contribution in [3.8, 4) is 0 Å². The minimum atomic E-state index is -1.08. The van der Waals surface area contributed by atoms with Crippen LogP contribution in [0.3, 0.4) is 0 Å². The van der Waals surface area contributed by atoms with Gasteiger partial charge in [-0.2, -0.15) is 0 Å². The maximum absolute atomic E-state index is 8.89. The van der Waals surface area contributed by atoms with Crippen LogP contribution < -0.4 is 15.3 Å². The van der Waals surface area contributed by atoms with Gasteiger partial charge in [0, 0.05) is 17.9 Å². The third-order valence-electron chi connectivity index (χ3n) is 0. The molecule has 0 unspecified atom stereocenters. The van der Waals surface area contributed by atoms with Crippen molar-refractivity contribution in [2.24, 2.45) is 0 Å². The van der Waals surface area contributed by atoms with Gasteiger partial charge >= 0.3 is 21.7 Å². The van der Waals surface area contributed by atoms with E-state index in [9.17, 15) is 0 Å². The van der Waals surface area contributed by atoms with E-state index in [-0.39, 0.29) is 27.2 Å². The second kappa shape index (κ2) is 22.7. The third kappa shape index (κ3) is 1340. The summed E-state index contributed by atoms with van der Waals surface area (Å²) >= 11 is 0. The molecule has 0 rings (SSSR count). The Morgan fingerprint density at radius 3 is 0.714 bits per heavy atom. The van der Waals surface area contributed by atoms with Gasteiger partial charge in [-0.3, -0.25) is 0 Å². The second-order valence-corrected chi connectivity index (χ2v) is 1.47. The zero-order valence-corrected chi connectivity index (χ0v) is 9.51. The monoisotopic (exact) mass is 243 g/mol. The van der Waals surface area contributed by atoms with Gasteiger partial charge in [0.1, 0.15) is 0 Å². The fourth-order valence-corrected chi connectivity index (χ4v) is 0. The molecule has 81 valence electrons. The first-order valence-corrected chi connectivity index (χ1v) is 2.72. The molecule has 0 aromatic rings. The molecule has 0 aliphatic rings. The number of hydrogen-bond donors (Lipinski definition) is 0. The van der Waals surface area contributed by atoms with Crippen LogP contribution in [0.4, 0.5) is 0 Å². The van der Waals surface area contributed by atoms with Crippen LogP contribution in [0.2, 0.25) is 0 Å². The largest absolute Gasteiger partial charge is 3.00 e. The standard InChI is InChI=1S/3C2H4O2.H2O.Ti/c3*1-2(3)4;;/h3*1H3,(H,3,4);1H2;/q;;;;+3/p-3. The fourth-order valence-electron chi connectivity index (χ4n) is 0. The van der Waals surface area contributed by atoms with Crippen molar-refractivity contribution in [3.05, 3.63) is 0 Å². The van der Waals surface area contributed by atoms with Crippen molar-refractivity contribution in [1.82, 2.24) is 0 Å². The Kier molecular flexibility index (Phi) is 47.4. The Labute approximate surface area is 95.9 Å². The predicted octanol–water partition coefficient (Wildman–Crippen LogP) is -4.56. The Bertz CT molecular complexity index is 116. The minimum absolute atomic E-state index is 0. The zero-order chi connectivity index (χ0) is 10.7. The van der Waals surface area contributed by atoms with E-state index in [1.54, 1.807) is 0 Å².